The molecular weight excluding hydrogens is 362 g/mol. The number of carbonyl (C=O) groups excluding carboxylic acids is 1. The van der Waals surface area contributed by atoms with Crippen molar-refractivity contribution in [2.75, 3.05) is 5.32 Å². The Hall–Kier alpha value is -3.72. The van der Waals surface area contributed by atoms with Crippen molar-refractivity contribution in [3.8, 4) is 17.4 Å². The Balaban J connectivity index is 1.85. The molecule has 0 atom stereocenters. The third kappa shape index (κ3) is 4.15. The third-order valence-electron chi connectivity index (χ3n) is 4.12. The van der Waals surface area contributed by atoms with Crippen LogP contribution in [-0.4, -0.2) is 5.91 Å². The summed E-state index contributed by atoms with van der Waals surface area (Å²) in [5.74, 6) is -1.68. The molecule has 6 heteroatoms. The molecule has 0 fully saturated rings. The Morgan fingerprint density at radius 1 is 1.11 bits per heavy atom. The number of amides is 1. The second-order valence-electron chi connectivity index (χ2n) is 6.27. The Labute approximate surface area is 160 Å². The van der Waals surface area contributed by atoms with E-state index in [1.807, 2.05) is 38.1 Å². The van der Waals surface area contributed by atoms with E-state index in [2.05, 4.69) is 5.32 Å². The number of benzene rings is 2. The van der Waals surface area contributed by atoms with Gasteiger partial charge < -0.3 is 9.73 Å². The number of nitriles is 1. The van der Waals surface area contributed by atoms with E-state index in [1.54, 1.807) is 0 Å². The molecule has 0 unspecified atom stereocenters. The van der Waals surface area contributed by atoms with Gasteiger partial charge in [-0.1, -0.05) is 12.1 Å². The fourth-order valence-corrected chi connectivity index (χ4v) is 2.62. The van der Waals surface area contributed by atoms with Crippen LogP contribution in [0.15, 0.2) is 58.5 Å². The summed E-state index contributed by atoms with van der Waals surface area (Å²) >= 11 is 0. The predicted octanol–water partition coefficient (Wildman–Crippen LogP) is 5.39. The fraction of sp³-hybridized carbons (Fsp3) is 0.0909. The monoisotopic (exact) mass is 378 g/mol. The van der Waals surface area contributed by atoms with Crippen molar-refractivity contribution >= 4 is 17.7 Å². The molecule has 1 amide bonds. The first kappa shape index (κ1) is 19.1. The van der Waals surface area contributed by atoms with Crippen molar-refractivity contribution in [3.05, 3.63) is 82.6 Å². The van der Waals surface area contributed by atoms with Crippen LogP contribution in [0.4, 0.5) is 14.5 Å². The van der Waals surface area contributed by atoms with Crippen molar-refractivity contribution in [2.24, 2.45) is 0 Å². The van der Waals surface area contributed by atoms with Gasteiger partial charge in [-0.15, -0.1) is 0 Å². The van der Waals surface area contributed by atoms with Crippen LogP contribution in [0.3, 0.4) is 0 Å². The van der Waals surface area contributed by atoms with Gasteiger partial charge in [0.2, 0.25) is 0 Å². The highest BCUT2D eigenvalue weighted by Gasteiger charge is 2.14. The largest absolute Gasteiger partial charge is 0.457 e. The fourth-order valence-electron chi connectivity index (χ4n) is 2.62. The first-order valence-electron chi connectivity index (χ1n) is 8.43. The van der Waals surface area contributed by atoms with Crippen LogP contribution in [0.5, 0.6) is 0 Å². The van der Waals surface area contributed by atoms with Crippen molar-refractivity contribution in [3.63, 3.8) is 0 Å². The average Bonchev–Trinajstić information content (AvgIpc) is 3.11. The number of halogens is 2. The van der Waals surface area contributed by atoms with E-state index in [0.717, 1.165) is 23.3 Å². The molecule has 3 rings (SSSR count). The molecule has 0 bridgehead atoms. The predicted molar refractivity (Wildman–Crippen MR) is 102 cm³/mol. The molecule has 28 heavy (non-hydrogen) atoms. The smallest absolute Gasteiger partial charge is 0.266 e. The first-order chi connectivity index (χ1) is 13.4. The van der Waals surface area contributed by atoms with Crippen LogP contribution in [0.2, 0.25) is 0 Å². The quantitative estimate of drug-likeness (QED) is 0.489. The maximum absolute atomic E-state index is 13.9. The molecule has 0 radical (unpaired) electrons. The summed E-state index contributed by atoms with van der Waals surface area (Å²) in [6, 6.07) is 13.6. The molecule has 140 valence electrons. The topological polar surface area (TPSA) is 66.0 Å². The number of rotatable bonds is 4. The molecular formula is C22H16F2N2O2. The highest BCUT2D eigenvalue weighted by Crippen LogP contribution is 2.26. The maximum atomic E-state index is 13.9. The van der Waals surface area contributed by atoms with Gasteiger partial charge in [0.25, 0.3) is 5.91 Å². The van der Waals surface area contributed by atoms with Gasteiger partial charge in [0.1, 0.15) is 34.8 Å². The van der Waals surface area contributed by atoms with Crippen LogP contribution in [0.1, 0.15) is 16.9 Å². The van der Waals surface area contributed by atoms with E-state index in [9.17, 15) is 18.8 Å². The zero-order valence-corrected chi connectivity index (χ0v) is 15.2. The molecule has 0 aliphatic rings. The Kier molecular flexibility index (Phi) is 5.37. The normalized spacial score (nSPS) is 11.2. The van der Waals surface area contributed by atoms with Crippen LogP contribution in [-0.2, 0) is 4.79 Å². The molecule has 0 saturated heterocycles. The zero-order chi connectivity index (χ0) is 20.3. The van der Waals surface area contributed by atoms with E-state index in [4.69, 9.17) is 4.42 Å². The number of aryl methyl sites for hydroxylation is 2. The van der Waals surface area contributed by atoms with Gasteiger partial charge in [0.15, 0.2) is 0 Å². The number of anilines is 1. The minimum absolute atomic E-state index is 0.0828. The summed E-state index contributed by atoms with van der Waals surface area (Å²) < 4.78 is 32.4. The molecule has 4 nitrogen and oxygen atoms in total. The van der Waals surface area contributed by atoms with Crippen molar-refractivity contribution in [1.82, 2.24) is 0 Å². The first-order valence-corrected chi connectivity index (χ1v) is 8.43. The summed E-state index contributed by atoms with van der Waals surface area (Å²) in [7, 11) is 0. The van der Waals surface area contributed by atoms with E-state index >= 15 is 0 Å². The Morgan fingerprint density at radius 2 is 1.89 bits per heavy atom. The van der Waals surface area contributed by atoms with Crippen LogP contribution >= 0.6 is 0 Å². The minimum atomic E-state index is -0.766. The molecule has 1 aromatic heterocycles. The molecule has 1 heterocycles. The van der Waals surface area contributed by atoms with E-state index in [-0.39, 0.29) is 22.7 Å². The van der Waals surface area contributed by atoms with Gasteiger partial charge in [-0.25, -0.2) is 8.78 Å². The van der Waals surface area contributed by atoms with Crippen molar-refractivity contribution in [2.45, 2.75) is 13.8 Å². The van der Waals surface area contributed by atoms with Crippen LogP contribution in [0.25, 0.3) is 17.4 Å². The Bertz CT molecular complexity index is 1120. The molecule has 3 aromatic rings. The van der Waals surface area contributed by atoms with Gasteiger partial charge in [-0.05, 0) is 55.3 Å². The molecule has 0 aliphatic heterocycles. The molecule has 0 aliphatic carbocycles. The summed E-state index contributed by atoms with van der Waals surface area (Å²) in [6.07, 6.45) is 1.27. The minimum Gasteiger partial charge on any atom is -0.457 e. The van der Waals surface area contributed by atoms with Gasteiger partial charge in [-0.2, -0.15) is 5.26 Å². The van der Waals surface area contributed by atoms with Gasteiger partial charge in [0, 0.05) is 17.8 Å². The van der Waals surface area contributed by atoms with Crippen molar-refractivity contribution < 1.29 is 18.0 Å². The van der Waals surface area contributed by atoms with E-state index < -0.39 is 17.5 Å². The maximum Gasteiger partial charge on any atom is 0.266 e. The van der Waals surface area contributed by atoms with Gasteiger partial charge in [-0.3, -0.25) is 4.79 Å². The number of hydrogen-bond acceptors (Lipinski definition) is 3. The summed E-state index contributed by atoms with van der Waals surface area (Å²) in [6.45, 7) is 3.75. The number of nitrogens with zero attached hydrogens (tertiary/aromatic N) is 1. The molecule has 0 saturated carbocycles. The molecule has 1 N–H and O–H groups in total. The molecule has 0 spiro atoms. The van der Waals surface area contributed by atoms with Gasteiger partial charge >= 0.3 is 0 Å². The van der Waals surface area contributed by atoms with Crippen LogP contribution in [0, 0.1) is 36.8 Å². The lowest BCUT2D eigenvalue weighted by Gasteiger charge is -2.08. The number of hydrogen-bond donors (Lipinski definition) is 1. The third-order valence-corrected chi connectivity index (χ3v) is 4.12. The SMILES string of the molecule is Cc1ccc(C)c(NC(=O)/C(C#N)=C/c2ccc(-c3ccc(F)cc3F)o2)c1. The lowest BCUT2D eigenvalue weighted by Crippen LogP contribution is -2.14. The second-order valence-corrected chi connectivity index (χ2v) is 6.27. The lowest BCUT2D eigenvalue weighted by atomic mass is 10.1. The van der Waals surface area contributed by atoms with E-state index in [0.29, 0.717) is 5.69 Å². The zero-order valence-electron chi connectivity index (χ0n) is 15.2. The van der Waals surface area contributed by atoms with Crippen molar-refractivity contribution in [1.29, 1.82) is 5.26 Å². The number of furan rings is 1. The van der Waals surface area contributed by atoms with Crippen LogP contribution < -0.4 is 5.32 Å². The summed E-state index contributed by atoms with van der Waals surface area (Å²) in [5.41, 5.74) is 2.36. The van der Waals surface area contributed by atoms with Gasteiger partial charge in [0.05, 0.1) is 5.56 Å². The summed E-state index contributed by atoms with van der Waals surface area (Å²) in [4.78, 5) is 12.4. The highest BCUT2D eigenvalue weighted by atomic mass is 19.1. The highest BCUT2D eigenvalue weighted by molar-refractivity contribution is 6.09. The Morgan fingerprint density at radius 3 is 2.61 bits per heavy atom. The number of nitrogens with one attached hydrogen (secondary N) is 1. The summed E-state index contributed by atoms with van der Waals surface area (Å²) in [5, 5.41) is 12.0. The lowest BCUT2D eigenvalue weighted by molar-refractivity contribution is -0.112. The number of carbonyl (C=O) groups is 1. The second kappa shape index (κ2) is 7.89. The average molecular weight is 378 g/mol. The molecule has 2 aromatic carbocycles. The standard InChI is InChI=1S/C22H16F2N2O2/c1-13-3-4-14(2)20(9-13)26-22(27)15(12-25)10-17-6-8-21(28-17)18-7-5-16(23)11-19(18)24/h3-11H,1-2H3,(H,26,27)/b15-10+. The van der Waals surface area contributed by atoms with E-state index in [1.165, 1.54) is 24.3 Å².